The van der Waals surface area contributed by atoms with Gasteiger partial charge < -0.3 is 4.74 Å². The van der Waals surface area contributed by atoms with Crippen LogP contribution < -0.4 is 4.74 Å². The minimum absolute atomic E-state index is 0. The molecule has 0 spiro atoms. The Bertz CT molecular complexity index is 300. The molecule has 0 saturated heterocycles. The van der Waals surface area contributed by atoms with Crippen molar-refractivity contribution in [2.45, 2.75) is 12.5 Å². The molecule has 4 heteroatoms. The van der Waals surface area contributed by atoms with Gasteiger partial charge in [-0.1, -0.05) is 18.2 Å². The van der Waals surface area contributed by atoms with Crippen LogP contribution in [0.5, 0.6) is 5.75 Å². The quantitative estimate of drug-likeness (QED) is 0.676. The Labute approximate surface area is 87.3 Å². The van der Waals surface area contributed by atoms with Crippen LogP contribution in [0.15, 0.2) is 24.3 Å². The number of hydrogen-bond acceptors (Lipinski definition) is 2. The predicted octanol–water partition coefficient (Wildman–Crippen LogP) is 2.18. The van der Waals surface area contributed by atoms with Crippen molar-refractivity contribution in [2.24, 2.45) is 0 Å². The van der Waals surface area contributed by atoms with Crippen molar-refractivity contribution >= 4 is 29.3 Å². The highest BCUT2D eigenvalue weighted by Gasteiger charge is 2.26. The summed E-state index contributed by atoms with van der Waals surface area (Å²) >= 11 is 5.31. The number of carbonyl (C=O) groups is 1. The SMILES string of the molecule is Cl.O=C(Cl)C1Cc2ccccc2O1. The summed E-state index contributed by atoms with van der Waals surface area (Å²) in [7, 11) is 0. The molecule has 2 rings (SSSR count). The zero-order valence-electron chi connectivity index (χ0n) is 6.70. The van der Waals surface area contributed by atoms with Gasteiger partial charge in [-0.05, 0) is 23.2 Å². The standard InChI is InChI=1S/C9H7ClO2.ClH/c10-9(11)8-5-6-3-1-2-4-7(6)12-8;/h1-4,8H,5H2;1H. The second kappa shape index (κ2) is 3.99. The lowest BCUT2D eigenvalue weighted by atomic mass is 10.1. The zero-order chi connectivity index (χ0) is 8.55. The summed E-state index contributed by atoms with van der Waals surface area (Å²) in [5.41, 5.74) is 1.05. The van der Waals surface area contributed by atoms with Crippen molar-refractivity contribution in [2.75, 3.05) is 0 Å². The summed E-state index contributed by atoms with van der Waals surface area (Å²) in [6.45, 7) is 0. The first-order chi connectivity index (χ1) is 5.77. The van der Waals surface area contributed by atoms with E-state index in [0.29, 0.717) is 6.42 Å². The predicted molar refractivity (Wildman–Crippen MR) is 52.7 cm³/mol. The minimum atomic E-state index is -0.482. The fourth-order valence-corrected chi connectivity index (χ4v) is 1.43. The van der Waals surface area contributed by atoms with Crippen LogP contribution in [0.25, 0.3) is 0 Å². The van der Waals surface area contributed by atoms with Gasteiger partial charge in [0, 0.05) is 6.42 Å². The minimum Gasteiger partial charge on any atom is -0.481 e. The molecule has 1 heterocycles. The Morgan fingerprint density at radius 2 is 2.15 bits per heavy atom. The number of ether oxygens (including phenoxy) is 1. The van der Waals surface area contributed by atoms with Crippen molar-refractivity contribution < 1.29 is 9.53 Å². The molecule has 70 valence electrons. The largest absolute Gasteiger partial charge is 0.481 e. The van der Waals surface area contributed by atoms with Crippen LogP contribution in [-0.4, -0.2) is 11.3 Å². The van der Waals surface area contributed by atoms with Gasteiger partial charge in [0.15, 0.2) is 6.10 Å². The molecule has 0 bridgehead atoms. The van der Waals surface area contributed by atoms with Crippen LogP contribution >= 0.6 is 24.0 Å². The van der Waals surface area contributed by atoms with Crippen molar-refractivity contribution in [3.63, 3.8) is 0 Å². The molecule has 0 N–H and O–H groups in total. The number of fused-ring (bicyclic) bond motifs is 1. The molecule has 0 radical (unpaired) electrons. The first-order valence-corrected chi connectivity index (χ1v) is 4.09. The van der Waals surface area contributed by atoms with Crippen molar-refractivity contribution in [3.8, 4) is 5.75 Å². The number of halogens is 2. The summed E-state index contributed by atoms with van der Waals surface area (Å²) < 4.78 is 5.29. The summed E-state index contributed by atoms with van der Waals surface area (Å²) in [6.07, 6.45) is 0.113. The highest BCUT2D eigenvalue weighted by molar-refractivity contribution is 6.64. The molecule has 1 aromatic rings. The smallest absolute Gasteiger partial charge is 0.262 e. The Morgan fingerprint density at radius 1 is 1.46 bits per heavy atom. The average Bonchev–Trinajstić information content (AvgIpc) is 2.46. The molecular weight excluding hydrogens is 211 g/mol. The number of rotatable bonds is 1. The third kappa shape index (κ3) is 1.95. The first-order valence-electron chi connectivity index (χ1n) is 3.71. The average molecular weight is 219 g/mol. The lowest BCUT2D eigenvalue weighted by molar-refractivity contribution is -0.117. The molecule has 1 unspecified atom stereocenters. The van der Waals surface area contributed by atoms with Crippen LogP contribution in [0.3, 0.4) is 0 Å². The highest BCUT2D eigenvalue weighted by atomic mass is 35.5. The third-order valence-electron chi connectivity index (χ3n) is 1.90. The fraction of sp³-hybridized carbons (Fsp3) is 0.222. The maximum absolute atomic E-state index is 10.8. The maximum atomic E-state index is 10.8. The number of carbonyl (C=O) groups excluding carboxylic acids is 1. The Morgan fingerprint density at radius 3 is 2.77 bits per heavy atom. The second-order valence-corrected chi connectivity index (χ2v) is 3.09. The van der Waals surface area contributed by atoms with Gasteiger partial charge in [0.25, 0.3) is 5.24 Å². The van der Waals surface area contributed by atoms with E-state index in [1.54, 1.807) is 0 Å². The van der Waals surface area contributed by atoms with Crippen molar-refractivity contribution in [1.29, 1.82) is 0 Å². The summed E-state index contributed by atoms with van der Waals surface area (Å²) in [6, 6.07) is 7.58. The van der Waals surface area contributed by atoms with E-state index in [4.69, 9.17) is 16.3 Å². The van der Waals surface area contributed by atoms with E-state index in [-0.39, 0.29) is 12.4 Å². The molecule has 2 nitrogen and oxygen atoms in total. The van der Waals surface area contributed by atoms with E-state index in [9.17, 15) is 4.79 Å². The van der Waals surface area contributed by atoms with E-state index in [1.807, 2.05) is 24.3 Å². The number of hydrogen-bond donors (Lipinski definition) is 0. The Kier molecular flexibility index (Phi) is 3.17. The Balaban J connectivity index is 0.000000845. The van der Waals surface area contributed by atoms with Crippen molar-refractivity contribution in [1.82, 2.24) is 0 Å². The fourth-order valence-electron chi connectivity index (χ4n) is 1.31. The van der Waals surface area contributed by atoms with Gasteiger partial charge in [-0.25, -0.2) is 0 Å². The van der Waals surface area contributed by atoms with Gasteiger partial charge in [-0.2, -0.15) is 0 Å². The lowest BCUT2D eigenvalue weighted by Crippen LogP contribution is -2.20. The van der Waals surface area contributed by atoms with Gasteiger partial charge in [0.2, 0.25) is 0 Å². The monoisotopic (exact) mass is 218 g/mol. The second-order valence-electron chi connectivity index (χ2n) is 2.72. The van der Waals surface area contributed by atoms with E-state index < -0.39 is 11.3 Å². The first kappa shape index (κ1) is 10.4. The maximum Gasteiger partial charge on any atom is 0.262 e. The molecule has 1 atom stereocenters. The Hall–Kier alpha value is -0.730. The molecule has 1 aliphatic rings. The van der Waals surface area contributed by atoms with Crippen molar-refractivity contribution in [3.05, 3.63) is 29.8 Å². The summed E-state index contributed by atoms with van der Waals surface area (Å²) in [5.74, 6) is 0.775. The molecule has 1 aliphatic heterocycles. The molecule has 0 aromatic heterocycles. The van der Waals surface area contributed by atoms with Crippen LogP contribution in [0, 0.1) is 0 Å². The molecule has 13 heavy (non-hydrogen) atoms. The van der Waals surface area contributed by atoms with Gasteiger partial charge in [-0.3, -0.25) is 4.79 Å². The molecule has 0 fully saturated rings. The normalized spacial score (nSPS) is 18.4. The molecule has 0 saturated carbocycles. The van der Waals surface area contributed by atoms with Crippen LogP contribution in [-0.2, 0) is 11.2 Å². The molecule has 0 aliphatic carbocycles. The summed E-state index contributed by atoms with van der Waals surface area (Å²) in [4.78, 5) is 10.8. The van der Waals surface area contributed by atoms with Gasteiger partial charge in [-0.15, -0.1) is 12.4 Å². The van der Waals surface area contributed by atoms with Gasteiger partial charge >= 0.3 is 0 Å². The van der Waals surface area contributed by atoms with Crippen LogP contribution in [0.4, 0.5) is 0 Å². The van der Waals surface area contributed by atoms with E-state index >= 15 is 0 Å². The van der Waals surface area contributed by atoms with E-state index in [0.717, 1.165) is 11.3 Å². The van der Waals surface area contributed by atoms with E-state index in [2.05, 4.69) is 0 Å². The lowest BCUT2D eigenvalue weighted by Gasteiger charge is -2.02. The number of benzene rings is 1. The number of para-hydroxylation sites is 1. The van der Waals surface area contributed by atoms with Gasteiger partial charge in [0.1, 0.15) is 5.75 Å². The summed E-state index contributed by atoms with van der Waals surface area (Å²) in [5, 5.41) is -0.425. The molecule has 1 aromatic carbocycles. The topological polar surface area (TPSA) is 26.3 Å². The zero-order valence-corrected chi connectivity index (χ0v) is 8.27. The highest BCUT2D eigenvalue weighted by Crippen LogP contribution is 2.28. The third-order valence-corrected chi connectivity index (χ3v) is 2.14. The van der Waals surface area contributed by atoms with Gasteiger partial charge in [0.05, 0.1) is 0 Å². The molecular formula is C9H8Cl2O2. The molecule has 0 amide bonds. The van der Waals surface area contributed by atoms with Crippen LogP contribution in [0.2, 0.25) is 0 Å². The van der Waals surface area contributed by atoms with E-state index in [1.165, 1.54) is 0 Å². The van der Waals surface area contributed by atoms with Crippen LogP contribution in [0.1, 0.15) is 5.56 Å².